The monoisotopic (exact) mass is 830 g/mol. The van der Waals surface area contributed by atoms with E-state index in [-0.39, 0.29) is 0 Å². The van der Waals surface area contributed by atoms with Crippen molar-refractivity contribution < 1.29 is 4.42 Å². The summed E-state index contributed by atoms with van der Waals surface area (Å²) in [6, 6.07) is 71.8. The lowest BCUT2D eigenvalue weighted by Crippen LogP contribution is -1.98. The van der Waals surface area contributed by atoms with Crippen molar-refractivity contribution in [2.45, 2.75) is 0 Å². The van der Waals surface area contributed by atoms with Crippen LogP contribution in [0.3, 0.4) is 0 Å². The largest absolute Gasteiger partial charge is 0.436 e. The van der Waals surface area contributed by atoms with Crippen LogP contribution in [0.1, 0.15) is 0 Å². The summed E-state index contributed by atoms with van der Waals surface area (Å²) in [6.45, 7) is 0. The minimum Gasteiger partial charge on any atom is -0.436 e. The lowest BCUT2D eigenvalue weighted by molar-refractivity contribution is 0.652. The van der Waals surface area contributed by atoms with Crippen molar-refractivity contribution in [3.63, 3.8) is 0 Å². The minimum atomic E-state index is 0.507. The van der Waals surface area contributed by atoms with Crippen molar-refractivity contribution in [1.82, 2.24) is 28.2 Å². The predicted octanol–water partition coefficient (Wildman–Crippen LogP) is 14.8. The van der Waals surface area contributed by atoms with Gasteiger partial charge in [0.25, 0.3) is 0 Å². The van der Waals surface area contributed by atoms with E-state index >= 15 is 0 Å². The number of benzene rings is 9. The highest BCUT2D eigenvalue weighted by molar-refractivity contribution is 6.21. The molecule has 9 aromatic carbocycles. The Kier molecular flexibility index (Phi) is 6.83. The number of furan rings is 1. The fourth-order valence-corrected chi connectivity index (χ4v) is 10.9. The number of para-hydroxylation sites is 6. The topological polar surface area (TPSA) is 58.6 Å². The van der Waals surface area contributed by atoms with Gasteiger partial charge in [0.2, 0.25) is 5.71 Å². The van der Waals surface area contributed by atoms with E-state index in [9.17, 15) is 0 Å². The first-order valence-corrected chi connectivity index (χ1v) is 22.0. The Bertz CT molecular complexity index is 4180. The van der Waals surface area contributed by atoms with E-state index in [4.69, 9.17) is 14.4 Å². The van der Waals surface area contributed by atoms with Crippen LogP contribution in [0, 0.1) is 0 Å². The van der Waals surface area contributed by atoms with Crippen LogP contribution in [0.15, 0.2) is 211 Å². The predicted molar refractivity (Wildman–Crippen MR) is 267 cm³/mol. The Balaban J connectivity index is 0.959. The standard InChI is InChI=1S/C58H34N6O/c1-3-15-35(16-4-1)61-47-23-11-7-19-38(47)42-31-53-43(30-51(42)61)40-21-9-13-25-49(40)63(53)37-27-28-55-46(29-37)57-58(65-55)59-34-56(60-57)64-50-26-14-10-22-41(50)45-32-52-44(33-54(45)64)39-20-8-12-24-48(39)62(52)36-17-5-2-6-18-36/h1-34H. The fraction of sp³-hybridized carbons (Fsp3) is 0. The summed E-state index contributed by atoms with van der Waals surface area (Å²) in [4.78, 5) is 10.4. The molecule has 0 aliphatic heterocycles. The first-order valence-electron chi connectivity index (χ1n) is 22.0. The summed E-state index contributed by atoms with van der Waals surface area (Å²) in [7, 11) is 0. The van der Waals surface area contributed by atoms with E-state index in [2.05, 4.69) is 218 Å². The third-order valence-corrected chi connectivity index (χ3v) is 13.6. The maximum Gasteiger partial charge on any atom is 0.246 e. The average Bonchev–Trinajstić information content (AvgIpc) is 4.15. The first kappa shape index (κ1) is 34.6. The van der Waals surface area contributed by atoms with Gasteiger partial charge in [0.05, 0.1) is 55.7 Å². The molecule has 0 unspecified atom stereocenters. The molecule has 0 aliphatic carbocycles. The first-order chi connectivity index (χ1) is 32.2. The van der Waals surface area contributed by atoms with Gasteiger partial charge in [-0.3, -0.25) is 4.57 Å². The maximum absolute atomic E-state index is 6.45. The molecule has 0 bridgehead atoms. The zero-order chi connectivity index (χ0) is 42.3. The number of hydrogen-bond acceptors (Lipinski definition) is 3. The van der Waals surface area contributed by atoms with Gasteiger partial charge in [-0.05, 0) is 91.0 Å². The van der Waals surface area contributed by atoms with Crippen molar-refractivity contribution in [2.24, 2.45) is 0 Å². The number of fused-ring (bicyclic) bond motifs is 15. The zero-order valence-electron chi connectivity index (χ0n) is 34.7. The molecule has 0 amide bonds. The molecule has 0 aliphatic rings. The number of aromatic nitrogens is 6. The van der Waals surface area contributed by atoms with E-state index in [0.717, 1.165) is 77.7 Å². The molecule has 302 valence electrons. The molecular weight excluding hydrogens is 797 g/mol. The van der Waals surface area contributed by atoms with Crippen LogP contribution in [0.2, 0.25) is 0 Å². The lowest BCUT2D eigenvalue weighted by Gasteiger charge is -2.09. The number of hydrogen-bond donors (Lipinski definition) is 0. The Morgan fingerprint density at radius 1 is 0.308 bits per heavy atom. The molecule has 0 radical (unpaired) electrons. The Hall–Kier alpha value is -8.94. The van der Waals surface area contributed by atoms with Gasteiger partial charge in [-0.15, -0.1) is 0 Å². The molecule has 0 fully saturated rings. The van der Waals surface area contributed by atoms with Crippen LogP contribution in [0.25, 0.3) is 132 Å². The van der Waals surface area contributed by atoms with Crippen LogP contribution in [0.5, 0.6) is 0 Å². The molecule has 15 rings (SSSR count). The molecule has 0 N–H and O–H groups in total. The Morgan fingerprint density at radius 3 is 1.18 bits per heavy atom. The Morgan fingerprint density at radius 2 is 0.708 bits per heavy atom. The van der Waals surface area contributed by atoms with Gasteiger partial charge >= 0.3 is 0 Å². The quantitative estimate of drug-likeness (QED) is 0.177. The van der Waals surface area contributed by atoms with Gasteiger partial charge in [-0.2, -0.15) is 0 Å². The molecule has 0 spiro atoms. The summed E-state index contributed by atoms with van der Waals surface area (Å²) in [5, 5.41) is 10.4. The maximum atomic E-state index is 6.45. The highest BCUT2D eigenvalue weighted by Gasteiger charge is 2.22. The van der Waals surface area contributed by atoms with Crippen molar-refractivity contribution in [3.05, 3.63) is 206 Å². The van der Waals surface area contributed by atoms with E-state index in [1.165, 1.54) is 48.9 Å². The summed E-state index contributed by atoms with van der Waals surface area (Å²) in [6.07, 6.45) is 1.85. The van der Waals surface area contributed by atoms with Crippen LogP contribution < -0.4 is 0 Å². The molecule has 0 saturated carbocycles. The molecule has 7 heteroatoms. The molecule has 65 heavy (non-hydrogen) atoms. The second-order valence-corrected chi connectivity index (χ2v) is 17.0. The van der Waals surface area contributed by atoms with Crippen molar-refractivity contribution >= 4 is 109 Å². The van der Waals surface area contributed by atoms with Crippen molar-refractivity contribution in [3.8, 4) is 22.9 Å². The second kappa shape index (κ2) is 12.8. The summed E-state index contributed by atoms with van der Waals surface area (Å²) < 4.78 is 15.9. The van der Waals surface area contributed by atoms with Gasteiger partial charge < -0.3 is 18.1 Å². The molecule has 7 nitrogen and oxygen atoms in total. The van der Waals surface area contributed by atoms with Crippen molar-refractivity contribution in [2.75, 3.05) is 0 Å². The third kappa shape index (κ3) is 4.73. The van der Waals surface area contributed by atoms with Crippen LogP contribution >= 0.6 is 0 Å². The molecule has 15 aromatic rings. The highest BCUT2D eigenvalue weighted by atomic mass is 16.3. The van der Waals surface area contributed by atoms with E-state index in [0.29, 0.717) is 5.71 Å². The van der Waals surface area contributed by atoms with Gasteiger partial charge in [0.1, 0.15) is 11.1 Å². The van der Waals surface area contributed by atoms with E-state index < -0.39 is 0 Å². The second-order valence-electron chi connectivity index (χ2n) is 17.0. The third-order valence-electron chi connectivity index (χ3n) is 13.6. The summed E-state index contributed by atoms with van der Waals surface area (Å²) in [5.74, 6) is 0.733. The van der Waals surface area contributed by atoms with Crippen LogP contribution in [-0.2, 0) is 0 Å². The minimum absolute atomic E-state index is 0.507. The average molecular weight is 831 g/mol. The van der Waals surface area contributed by atoms with Gasteiger partial charge in [-0.25, -0.2) is 9.97 Å². The van der Waals surface area contributed by atoms with Gasteiger partial charge in [0.15, 0.2) is 5.82 Å². The zero-order valence-corrected chi connectivity index (χ0v) is 34.7. The fourth-order valence-electron chi connectivity index (χ4n) is 10.9. The summed E-state index contributed by atoms with van der Waals surface area (Å²) in [5.41, 5.74) is 14.4. The SMILES string of the molecule is c1ccc(-n2c3ccccc3c3cc4c(cc32)c2ccccc2n4-c2ccc3oc4ncc(-n5c6ccccc6c6cc7c(cc65)c5ccccc5n7-c5ccccc5)nc4c3c2)cc1. The Labute approximate surface area is 369 Å². The van der Waals surface area contributed by atoms with Gasteiger partial charge in [0, 0.05) is 60.2 Å². The smallest absolute Gasteiger partial charge is 0.246 e. The van der Waals surface area contributed by atoms with Crippen LogP contribution in [0.4, 0.5) is 0 Å². The van der Waals surface area contributed by atoms with Crippen molar-refractivity contribution in [1.29, 1.82) is 0 Å². The molecular formula is C58H34N6O. The van der Waals surface area contributed by atoms with Crippen LogP contribution in [-0.4, -0.2) is 28.2 Å². The molecule has 0 atom stereocenters. The lowest BCUT2D eigenvalue weighted by atomic mass is 10.1. The van der Waals surface area contributed by atoms with Gasteiger partial charge in [-0.1, -0.05) is 109 Å². The van der Waals surface area contributed by atoms with E-state index in [1.54, 1.807) is 0 Å². The molecule has 0 saturated heterocycles. The normalized spacial score (nSPS) is 12.3. The molecule has 6 heterocycles. The summed E-state index contributed by atoms with van der Waals surface area (Å²) >= 11 is 0. The number of nitrogens with zero attached hydrogens (tertiary/aromatic N) is 6. The highest BCUT2D eigenvalue weighted by Crippen LogP contribution is 2.42. The molecule has 6 aromatic heterocycles. The number of rotatable bonds is 4. The van der Waals surface area contributed by atoms with E-state index in [1.807, 2.05) is 6.20 Å².